The molecule has 5 aliphatic rings. The second kappa shape index (κ2) is 36.1. The summed E-state index contributed by atoms with van der Waals surface area (Å²) in [5.74, 6) is 0.276. The standard InChI is InChI=1S/C31H30BF2NO.C19H20BF2N3OS.C18H18BF2N3OS.C17H19BF2N2O.C14H9BF3N3O/c1-30(2,3)23-16-22-18-35(32(33,34)36-29(22)25(17-23)31(4,5)6)26-15-13-21-11-10-19-8-7-9-20-12-14-24(26)28(21)27(19)20;1-4-24(5-2)15-8-7-14-12-25(20(21,22)26-17(14)11-15)19-23-16-9-6-13(3)10-18(16)27-19;1-3-23(4-2)14-10-9-13-12-24(19(20,21)25-16(13)11-14)18-22-15-7-5-6-8-17(15)26-18;1-3-21(4-2)15-9-11-16(12-10-15)22-13-14-7-5-6-8-17(14)23-18(22,19)20;16-10-5-6-13-9(7-10)8-21(15(17,18)22-13)14-19-11-3-1-2-4-12(11)20-14/h7-18H,1-6H3;6-12H,4-5H2,1-3H3;5-12H,3-4H2,1-2H3;5-13H,3-4H2,1-2H3;1-8H,(H,19,20). The molecule has 0 bridgehead atoms. The van der Waals surface area contributed by atoms with E-state index in [0.717, 1.165) is 151 Å². The van der Waals surface area contributed by atoms with Crippen LogP contribution in [0, 0.1) is 12.7 Å². The summed E-state index contributed by atoms with van der Waals surface area (Å²) in [5.41, 5.74) is 11.5. The van der Waals surface area contributed by atoms with Crippen molar-refractivity contribution in [3.8, 4) is 28.7 Å². The number of aryl methyl sites for hydroxylation is 1. The molecule has 35 heteroatoms. The summed E-state index contributed by atoms with van der Waals surface area (Å²) in [5, 5.41) is 6.62. The van der Waals surface area contributed by atoms with Gasteiger partial charge in [-0.05, 0) is 264 Å². The lowest BCUT2D eigenvalue weighted by atomic mass is 9.78. The van der Waals surface area contributed by atoms with E-state index in [-0.39, 0.29) is 61.4 Å². The summed E-state index contributed by atoms with van der Waals surface area (Å²) in [7, 11) is -21.3. The Balaban J connectivity index is 0.000000118. The number of halogens is 11. The van der Waals surface area contributed by atoms with Crippen LogP contribution in [0.3, 0.4) is 0 Å². The van der Waals surface area contributed by atoms with Crippen molar-refractivity contribution < 1.29 is 93.3 Å². The number of nitrogens with one attached hydrogen (secondary N) is 1. The number of aromatic nitrogens is 4. The number of aromatic amines is 1. The first kappa shape index (κ1) is 92.3. The smallest absolute Gasteiger partial charge is 0.630 e. The lowest BCUT2D eigenvalue weighted by molar-refractivity contribution is -0.352. The zero-order valence-corrected chi connectivity index (χ0v) is 77.6. The van der Waals surface area contributed by atoms with Gasteiger partial charge in [0.1, 0.15) is 23.8 Å². The van der Waals surface area contributed by atoms with Crippen LogP contribution in [0.15, 0.2) is 237 Å². The molecule has 686 valence electrons. The lowest BCUT2D eigenvalue weighted by Crippen LogP contribution is -2.47. The highest BCUT2D eigenvalue weighted by Crippen LogP contribution is 2.47. The Bertz CT molecular complexity index is 7300. The van der Waals surface area contributed by atoms with Gasteiger partial charge in [0, 0.05) is 108 Å². The van der Waals surface area contributed by atoms with Crippen LogP contribution in [0.4, 0.5) is 92.2 Å². The number of imidazole rings is 1. The van der Waals surface area contributed by atoms with E-state index < -0.39 is 41.0 Å². The Morgan fingerprint density at radius 2 is 0.843 bits per heavy atom. The molecular weight excluding hydrogens is 1760 g/mol. The van der Waals surface area contributed by atoms with Crippen molar-refractivity contribution in [1.82, 2.24) is 19.9 Å². The van der Waals surface area contributed by atoms with Crippen LogP contribution in [0.5, 0.6) is 28.7 Å². The van der Waals surface area contributed by atoms with E-state index in [1.165, 1.54) is 47.4 Å². The average Bonchev–Trinajstić information content (AvgIpc) is 0.915. The minimum atomic E-state index is -4.35. The maximum Gasteiger partial charge on any atom is 0.834 e. The van der Waals surface area contributed by atoms with E-state index in [1.54, 1.807) is 85.1 Å². The number of para-hydroxylation sites is 4. The molecule has 8 heterocycles. The number of hydrogen-bond acceptors (Lipinski definition) is 13. The normalized spacial score (nSPS) is 15.6. The third kappa shape index (κ3) is 18.5. The Labute approximate surface area is 776 Å². The Kier molecular flexibility index (Phi) is 24.9. The number of nitrogens with zero attached hydrogens (tertiary/aromatic N) is 11. The molecule has 13 aromatic carbocycles. The number of anilines is 3. The zero-order chi connectivity index (χ0) is 94.9. The number of thiazole rings is 2. The fourth-order valence-electron chi connectivity index (χ4n) is 17.1. The van der Waals surface area contributed by atoms with Crippen molar-refractivity contribution in [2.75, 3.05) is 54.0 Å². The van der Waals surface area contributed by atoms with E-state index in [1.807, 2.05) is 171 Å². The summed E-state index contributed by atoms with van der Waals surface area (Å²) >= 11 is 2.47. The van der Waals surface area contributed by atoms with E-state index in [4.69, 9.17) is 23.3 Å². The predicted molar refractivity (Wildman–Crippen MR) is 525 cm³/mol. The Hall–Kier alpha value is -13.5. The fourth-order valence-corrected chi connectivity index (χ4v) is 19.2. The van der Waals surface area contributed by atoms with Crippen molar-refractivity contribution in [2.45, 2.75) is 101 Å². The molecule has 3 aromatic heterocycles. The number of hydrogen-bond donors (Lipinski definition) is 1. The van der Waals surface area contributed by atoms with Crippen molar-refractivity contribution in [3.05, 3.63) is 287 Å². The Morgan fingerprint density at radius 3 is 1.44 bits per heavy atom. The van der Waals surface area contributed by atoms with E-state index >= 15 is 8.63 Å². The van der Waals surface area contributed by atoms with Gasteiger partial charge >= 0.3 is 51.4 Å². The molecule has 1 N–H and O–H groups in total. The zero-order valence-electron chi connectivity index (χ0n) is 76.0. The molecule has 0 atom stereocenters. The highest BCUT2D eigenvalue weighted by Gasteiger charge is 2.54. The second-order valence-corrected chi connectivity index (χ2v) is 37.2. The molecule has 0 amide bonds. The highest BCUT2D eigenvalue weighted by molar-refractivity contribution is 7.22. The maximum absolute atomic E-state index is 15.9. The van der Waals surface area contributed by atoms with E-state index in [2.05, 4.69) is 93.5 Å². The molecular formula is C99H96B5F11N12O5S2. The number of fused-ring (bicyclic) bond motifs is 8. The Morgan fingerprint density at radius 1 is 0.366 bits per heavy atom. The number of benzene rings is 13. The van der Waals surface area contributed by atoms with Gasteiger partial charge < -0.3 is 104 Å². The summed E-state index contributed by atoms with van der Waals surface area (Å²) in [6.45, 7) is 31.7. The minimum absolute atomic E-state index is 0.0545. The van der Waals surface area contributed by atoms with Crippen molar-refractivity contribution in [3.63, 3.8) is 0 Å². The minimum Gasteiger partial charge on any atom is -0.630 e. The molecule has 0 aliphatic carbocycles. The summed E-state index contributed by atoms with van der Waals surface area (Å²) in [6, 6.07) is 70.4. The molecule has 0 radical (unpaired) electrons. The molecule has 5 aliphatic heterocycles. The van der Waals surface area contributed by atoms with Gasteiger partial charge in [-0.3, -0.25) is 0 Å². The van der Waals surface area contributed by atoms with Gasteiger partial charge in [-0.1, -0.05) is 131 Å². The number of H-pyrrole nitrogens is 1. The number of rotatable bonds is 14. The van der Waals surface area contributed by atoms with Gasteiger partial charge in [-0.15, -0.1) is 0 Å². The van der Waals surface area contributed by atoms with Gasteiger partial charge in [0.2, 0.25) is 0 Å². The van der Waals surface area contributed by atoms with Crippen LogP contribution in [0.1, 0.15) is 128 Å². The summed E-state index contributed by atoms with van der Waals surface area (Å²) in [6.07, 6.45) is 7.05. The van der Waals surface area contributed by atoms with Crippen LogP contribution < -0.4 is 38.0 Å². The molecule has 0 unspecified atom stereocenters. The molecule has 0 saturated carbocycles. The third-order valence-corrected chi connectivity index (χ3v) is 26.3. The van der Waals surface area contributed by atoms with E-state index in [9.17, 15) is 38.9 Å². The molecule has 0 saturated heterocycles. The summed E-state index contributed by atoms with van der Waals surface area (Å²) < 4.78 is 193. The molecule has 17 nitrogen and oxygen atoms in total. The van der Waals surface area contributed by atoms with Gasteiger partial charge in [0.15, 0.2) is 27.9 Å². The van der Waals surface area contributed by atoms with Crippen molar-refractivity contribution in [1.29, 1.82) is 0 Å². The monoisotopic (exact) mass is 1860 g/mol. The van der Waals surface area contributed by atoms with Crippen molar-refractivity contribution in [2.24, 2.45) is 0 Å². The first-order valence-electron chi connectivity index (χ1n) is 44.6. The van der Waals surface area contributed by atoms with Gasteiger partial charge in [-0.2, -0.15) is 0 Å². The molecule has 0 fully saturated rings. The first-order valence-corrected chi connectivity index (χ1v) is 46.2. The van der Waals surface area contributed by atoms with Gasteiger partial charge in [0.25, 0.3) is 0 Å². The second-order valence-electron chi connectivity index (χ2n) is 35.2. The van der Waals surface area contributed by atoms with Crippen LogP contribution >= 0.6 is 22.7 Å². The van der Waals surface area contributed by atoms with Crippen LogP contribution in [0.25, 0.3) is 63.8 Å². The third-order valence-electron chi connectivity index (χ3n) is 24.2. The molecule has 134 heavy (non-hydrogen) atoms. The van der Waals surface area contributed by atoms with Gasteiger partial charge in [-0.25, -0.2) is 9.37 Å². The fraction of sp³-hybridized carbons (Fsp3) is 0.212. The molecule has 0 spiro atoms. The van der Waals surface area contributed by atoms with E-state index in [0.29, 0.717) is 60.2 Å². The topological polar surface area (TPSA) is 125 Å². The first-order chi connectivity index (χ1) is 63.8. The van der Waals surface area contributed by atoms with Crippen LogP contribution in [-0.4, -0.2) is 148 Å². The highest BCUT2D eigenvalue weighted by atomic mass is 32.1. The SMILES string of the molecule is CC(C)(C)c1cc2c(c(C(C)(C)C)c1)O[B-](F)(F)[N+](c1ccc3ccc4cccc5ccc1c3c45)=C2.CCN(CC)c1ccc([N+]2=Cc3ccccc3O[B-]2(F)F)cc1.CCN(CC)c1ccc2c(c1)O[B-](F)(F)[N+](c1nc3ccc(C)cc3s1)=C2.CCN(CC)c1ccc2c(c1)O[B-](F)(F)[N+](c1nc3ccccc3s1)=C2.Fc1ccc2c(c1)C=[N+](c1nc3ccccc3[nH]1)[B-](F)(F)O2. The summed E-state index contributed by atoms with van der Waals surface area (Å²) in [4.78, 5) is 22.0. The average molecular weight is 1860 g/mol. The lowest BCUT2D eigenvalue weighted by Gasteiger charge is -2.35. The van der Waals surface area contributed by atoms with Gasteiger partial charge in [0.05, 0.1) is 61.7 Å². The maximum atomic E-state index is 15.9. The van der Waals surface area contributed by atoms with Crippen LogP contribution in [-0.2, 0) is 10.8 Å². The quantitative estimate of drug-likeness (QED) is 0.0635. The molecule has 16 aromatic rings. The van der Waals surface area contributed by atoms with Crippen LogP contribution in [0.2, 0.25) is 0 Å². The molecule has 21 rings (SSSR count). The largest absolute Gasteiger partial charge is 0.834 e. The van der Waals surface area contributed by atoms with Crippen molar-refractivity contribution >= 4 is 197 Å². The predicted octanol–water partition coefficient (Wildman–Crippen LogP) is 25.7.